The van der Waals surface area contributed by atoms with E-state index in [2.05, 4.69) is 10.1 Å². The highest BCUT2D eigenvalue weighted by Crippen LogP contribution is 2.28. The number of carbonyl (C=O) groups excluding carboxylic acids is 3. The number of carboxylic acids is 1. The Balaban J connectivity index is 1.94. The molecule has 150 valence electrons. The second-order valence-corrected chi connectivity index (χ2v) is 6.58. The maximum absolute atomic E-state index is 12.9. The largest absolute Gasteiger partial charge is 0.545 e. The fourth-order valence-corrected chi connectivity index (χ4v) is 3.13. The first kappa shape index (κ1) is 20.1. The number of aromatic carboxylic acids is 1. The molecule has 0 fully saturated rings. The minimum Gasteiger partial charge on any atom is -0.545 e. The third kappa shape index (κ3) is 3.69. The molecule has 2 heterocycles. The van der Waals surface area contributed by atoms with Crippen LogP contribution in [0.5, 0.6) is 0 Å². The average Bonchev–Trinajstić information content (AvgIpc) is 3.13. The molecule has 1 aliphatic heterocycles. The highest BCUT2D eigenvalue weighted by atomic mass is 16.5. The van der Waals surface area contributed by atoms with Crippen molar-refractivity contribution in [3.05, 3.63) is 57.9 Å². The van der Waals surface area contributed by atoms with E-state index < -0.39 is 11.9 Å². The van der Waals surface area contributed by atoms with E-state index in [-0.39, 0.29) is 18.1 Å². The first-order chi connectivity index (χ1) is 13.7. The molecule has 0 unspecified atom stereocenters. The Kier molecular flexibility index (Phi) is 5.36. The van der Waals surface area contributed by atoms with Gasteiger partial charge in [0, 0.05) is 5.69 Å². The molecule has 3 rings (SSSR count). The third-order valence-electron chi connectivity index (χ3n) is 4.67. The van der Waals surface area contributed by atoms with Gasteiger partial charge >= 0.3 is 5.97 Å². The van der Waals surface area contributed by atoms with Crippen molar-refractivity contribution in [3.8, 4) is 0 Å². The fourth-order valence-electron chi connectivity index (χ4n) is 3.13. The van der Waals surface area contributed by atoms with E-state index in [0.717, 1.165) is 11.3 Å². The van der Waals surface area contributed by atoms with Gasteiger partial charge in [-0.3, -0.25) is 4.79 Å². The quantitative estimate of drug-likeness (QED) is 0.615. The van der Waals surface area contributed by atoms with Gasteiger partial charge in [0.1, 0.15) is 5.69 Å². The van der Waals surface area contributed by atoms with E-state index in [1.54, 1.807) is 26.8 Å². The van der Waals surface area contributed by atoms with Gasteiger partial charge in [0.25, 0.3) is 5.91 Å². The molecule has 0 spiro atoms. The Bertz CT molecular complexity index is 1060. The molecule has 0 radical (unpaired) electrons. The number of benzene rings is 1. The number of esters is 1. The predicted octanol–water partition coefficient (Wildman–Crippen LogP) is 1.98. The molecule has 0 aliphatic carbocycles. The number of ether oxygens (including phenoxy) is 1. The Morgan fingerprint density at radius 2 is 1.86 bits per heavy atom. The summed E-state index contributed by atoms with van der Waals surface area (Å²) >= 11 is 0. The number of rotatable bonds is 5. The lowest BCUT2D eigenvalue weighted by molar-refractivity contribution is -0.255. The maximum Gasteiger partial charge on any atom is 0.355 e. The molecule has 8 heteroatoms. The second-order valence-electron chi connectivity index (χ2n) is 6.58. The maximum atomic E-state index is 12.9. The van der Waals surface area contributed by atoms with Crippen molar-refractivity contribution in [2.75, 3.05) is 11.6 Å². The number of aryl methyl sites for hydroxylation is 1. The van der Waals surface area contributed by atoms with Crippen LogP contribution in [0.2, 0.25) is 0 Å². The molecule has 1 aliphatic rings. The van der Waals surface area contributed by atoms with Gasteiger partial charge in [-0.2, -0.15) is 10.1 Å². The number of carboxylic acid groups (broad SMARTS) is 1. The zero-order valence-corrected chi connectivity index (χ0v) is 16.5. The molecule has 1 N–H and O–H groups in total. The van der Waals surface area contributed by atoms with Crippen LogP contribution in [0.25, 0.3) is 6.08 Å². The summed E-state index contributed by atoms with van der Waals surface area (Å²) in [5.41, 5.74) is 3.85. The topological polar surface area (TPSA) is 115 Å². The lowest BCUT2D eigenvalue weighted by Gasteiger charge is -2.12. The van der Waals surface area contributed by atoms with E-state index in [1.165, 1.54) is 29.3 Å². The summed E-state index contributed by atoms with van der Waals surface area (Å²) in [4.78, 5) is 38.9. The van der Waals surface area contributed by atoms with E-state index in [1.807, 2.05) is 6.92 Å². The number of nitrogens with one attached hydrogen (secondary N) is 1. The fraction of sp³-hybridized carbons (Fsp3) is 0.238. The van der Waals surface area contributed by atoms with Gasteiger partial charge in [-0.05, 0) is 62.6 Å². The van der Waals surface area contributed by atoms with Gasteiger partial charge in [0.2, 0.25) is 0 Å². The van der Waals surface area contributed by atoms with Crippen LogP contribution < -0.4 is 10.1 Å². The van der Waals surface area contributed by atoms with Gasteiger partial charge < -0.3 is 19.6 Å². The Labute approximate surface area is 167 Å². The van der Waals surface area contributed by atoms with Gasteiger partial charge in [-0.25, -0.2) is 4.79 Å². The SMILES string of the molecule is CCOC(=O)c1[nH]c(C)c(/C=C2/C(=O)N(c3ccc(C(=O)[O-])cc3)N=C2C)c1C. The zero-order chi connectivity index (χ0) is 21.3. The molecule has 8 nitrogen and oxygen atoms in total. The molecule has 0 saturated carbocycles. The normalized spacial score (nSPS) is 15.0. The zero-order valence-electron chi connectivity index (χ0n) is 16.5. The second kappa shape index (κ2) is 7.75. The van der Waals surface area contributed by atoms with Crippen LogP contribution in [0.1, 0.15) is 51.5 Å². The molecule has 29 heavy (non-hydrogen) atoms. The number of aromatic amines is 1. The predicted molar refractivity (Wildman–Crippen MR) is 106 cm³/mol. The number of H-pyrrole nitrogens is 1. The van der Waals surface area contributed by atoms with Crippen LogP contribution >= 0.6 is 0 Å². The molecule has 1 aromatic heterocycles. The monoisotopic (exact) mass is 394 g/mol. The van der Waals surface area contributed by atoms with Gasteiger partial charge in [0.05, 0.1) is 29.5 Å². The summed E-state index contributed by atoms with van der Waals surface area (Å²) in [7, 11) is 0. The average molecular weight is 394 g/mol. The number of anilines is 1. The Hall–Kier alpha value is -3.68. The molecule has 0 atom stereocenters. The smallest absolute Gasteiger partial charge is 0.355 e. The molecule has 0 bridgehead atoms. The van der Waals surface area contributed by atoms with Crippen LogP contribution in [-0.2, 0) is 9.53 Å². The van der Waals surface area contributed by atoms with Crippen LogP contribution in [0.15, 0.2) is 34.9 Å². The minimum absolute atomic E-state index is 0.0157. The molecular formula is C21H20N3O5-. The number of hydrogen-bond donors (Lipinski definition) is 1. The molecule has 2 aromatic rings. The van der Waals surface area contributed by atoms with Crippen molar-refractivity contribution in [2.24, 2.45) is 5.10 Å². The number of amides is 1. The lowest BCUT2D eigenvalue weighted by atomic mass is 10.0. The van der Waals surface area contributed by atoms with Crippen molar-refractivity contribution in [3.63, 3.8) is 0 Å². The molecular weight excluding hydrogens is 374 g/mol. The Morgan fingerprint density at radius 3 is 2.45 bits per heavy atom. The van der Waals surface area contributed by atoms with E-state index in [0.29, 0.717) is 28.2 Å². The van der Waals surface area contributed by atoms with Crippen LogP contribution in [0, 0.1) is 13.8 Å². The van der Waals surface area contributed by atoms with E-state index >= 15 is 0 Å². The molecule has 1 amide bonds. The van der Waals surface area contributed by atoms with Crippen LogP contribution in [-0.4, -0.2) is 35.1 Å². The van der Waals surface area contributed by atoms with Crippen LogP contribution in [0.4, 0.5) is 5.69 Å². The van der Waals surface area contributed by atoms with Crippen LogP contribution in [0.3, 0.4) is 0 Å². The highest BCUT2D eigenvalue weighted by molar-refractivity contribution is 6.32. The Morgan fingerprint density at radius 1 is 1.21 bits per heavy atom. The lowest BCUT2D eigenvalue weighted by Crippen LogP contribution is -2.23. The van der Waals surface area contributed by atoms with Gasteiger partial charge in [0.15, 0.2) is 0 Å². The third-order valence-corrected chi connectivity index (χ3v) is 4.67. The standard InChI is InChI=1S/C21H21N3O5/c1-5-29-21(28)18-11(2)16(12(3)22-18)10-17-13(4)23-24(19(17)25)15-8-6-14(7-9-15)20(26)27/h6-10,22H,5H2,1-4H3,(H,26,27)/p-1/b17-10+. The number of nitrogens with zero attached hydrogens (tertiary/aromatic N) is 2. The summed E-state index contributed by atoms with van der Waals surface area (Å²) in [6.45, 7) is 7.30. The van der Waals surface area contributed by atoms with Crippen molar-refractivity contribution >= 4 is 35.3 Å². The number of carbonyl (C=O) groups is 3. The number of hydrazone groups is 1. The minimum atomic E-state index is -1.29. The number of hydrogen-bond acceptors (Lipinski definition) is 6. The summed E-state index contributed by atoms with van der Waals surface area (Å²) in [5, 5.41) is 16.4. The summed E-state index contributed by atoms with van der Waals surface area (Å²) in [6.07, 6.45) is 1.70. The summed E-state index contributed by atoms with van der Waals surface area (Å²) < 4.78 is 5.05. The molecule has 1 aromatic carbocycles. The van der Waals surface area contributed by atoms with Crippen molar-refractivity contribution in [2.45, 2.75) is 27.7 Å². The van der Waals surface area contributed by atoms with Crippen molar-refractivity contribution in [1.82, 2.24) is 4.98 Å². The first-order valence-electron chi connectivity index (χ1n) is 9.04. The van der Waals surface area contributed by atoms with Crippen molar-refractivity contribution < 1.29 is 24.2 Å². The van der Waals surface area contributed by atoms with E-state index in [9.17, 15) is 19.5 Å². The van der Waals surface area contributed by atoms with E-state index in [4.69, 9.17) is 4.74 Å². The first-order valence-corrected chi connectivity index (χ1v) is 9.04. The summed E-state index contributed by atoms with van der Waals surface area (Å²) in [6, 6.07) is 5.70. The highest BCUT2D eigenvalue weighted by Gasteiger charge is 2.29. The van der Waals surface area contributed by atoms with Gasteiger partial charge in [-0.1, -0.05) is 12.1 Å². The van der Waals surface area contributed by atoms with Gasteiger partial charge in [-0.15, -0.1) is 0 Å². The summed E-state index contributed by atoms with van der Waals surface area (Å²) in [5.74, 6) is -2.09. The van der Waals surface area contributed by atoms with Crippen molar-refractivity contribution in [1.29, 1.82) is 0 Å². The molecule has 0 saturated heterocycles. The number of aromatic nitrogens is 1.